The first kappa shape index (κ1) is 15.5. The Labute approximate surface area is 130 Å². The number of rotatable bonds is 3. The lowest BCUT2D eigenvalue weighted by Gasteiger charge is -2.51. The molecule has 0 aliphatic carbocycles. The van der Waals surface area contributed by atoms with Gasteiger partial charge in [0.1, 0.15) is 6.54 Å². The third-order valence-corrected chi connectivity index (χ3v) is 5.94. The highest BCUT2D eigenvalue weighted by Crippen LogP contribution is 2.34. The van der Waals surface area contributed by atoms with E-state index in [1.54, 1.807) is 9.58 Å². The SMILES string of the molecule is Cc1cc(C)n(CC(=O)N2CC[C@@H]3CN(S(C)(=O)=O)[C@@H]3C2)n1. The van der Waals surface area contributed by atoms with Gasteiger partial charge in [-0.05, 0) is 32.3 Å². The van der Waals surface area contributed by atoms with E-state index in [1.165, 1.54) is 10.6 Å². The zero-order valence-corrected chi connectivity index (χ0v) is 14.0. The van der Waals surface area contributed by atoms with Crippen molar-refractivity contribution in [2.45, 2.75) is 32.9 Å². The molecule has 1 amide bonds. The van der Waals surface area contributed by atoms with E-state index in [2.05, 4.69) is 5.10 Å². The topological polar surface area (TPSA) is 75.5 Å². The van der Waals surface area contributed by atoms with Crippen LogP contribution in [0.5, 0.6) is 0 Å². The second-order valence-electron chi connectivity index (χ2n) is 6.37. The van der Waals surface area contributed by atoms with Crippen molar-refractivity contribution in [2.75, 3.05) is 25.9 Å². The molecule has 0 saturated carbocycles. The van der Waals surface area contributed by atoms with Gasteiger partial charge in [0.15, 0.2) is 0 Å². The second kappa shape index (κ2) is 5.34. The molecule has 2 saturated heterocycles. The van der Waals surface area contributed by atoms with E-state index in [0.29, 0.717) is 25.6 Å². The molecule has 0 N–H and O–H groups in total. The van der Waals surface area contributed by atoms with Crippen LogP contribution in [-0.4, -0.2) is 65.2 Å². The number of aromatic nitrogens is 2. The first-order valence-corrected chi connectivity index (χ1v) is 9.36. The third kappa shape index (κ3) is 2.77. The maximum absolute atomic E-state index is 12.5. The molecule has 0 aromatic carbocycles. The lowest BCUT2D eigenvalue weighted by Crippen LogP contribution is -2.66. The number of hydrogen-bond acceptors (Lipinski definition) is 4. The Kier molecular flexibility index (Phi) is 3.76. The van der Waals surface area contributed by atoms with Gasteiger partial charge in [0.25, 0.3) is 0 Å². The van der Waals surface area contributed by atoms with E-state index >= 15 is 0 Å². The van der Waals surface area contributed by atoms with Gasteiger partial charge in [-0.1, -0.05) is 0 Å². The Morgan fingerprint density at radius 1 is 1.36 bits per heavy atom. The molecule has 0 spiro atoms. The maximum Gasteiger partial charge on any atom is 0.244 e. The summed E-state index contributed by atoms with van der Waals surface area (Å²) >= 11 is 0. The fourth-order valence-electron chi connectivity index (χ4n) is 3.42. The number of amides is 1. The molecule has 7 nitrogen and oxygen atoms in total. The number of likely N-dealkylation sites (tertiary alicyclic amines) is 1. The van der Waals surface area contributed by atoms with Crippen LogP contribution < -0.4 is 0 Å². The molecule has 2 aliphatic rings. The van der Waals surface area contributed by atoms with Gasteiger partial charge in [-0.15, -0.1) is 0 Å². The number of piperidine rings is 1. The van der Waals surface area contributed by atoms with Crippen molar-refractivity contribution in [1.82, 2.24) is 19.0 Å². The fraction of sp³-hybridized carbons (Fsp3) is 0.714. The number of nitrogens with zero attached hydrogens (tertiary/aromatic N) is 4. The predicted octanol–water partition coefficient (Wildman–Crippen LogP) is -0.00776. The Bertz CT molecular complexity index is 697. The van der Waals surface area contributed by atoms with Crippen LogP contribution in [0.4, 0.5) is 0 Å². The summed E-state index contributed by atoms with van der Waals surface area (Å²) in [7, 11) is -3.17. The second-order valence-corrected chi connectivity index (χ2v) is 8.31. The zero-order chi connectivity index (χ0) is 16.1. The van der Waals surface area contributed by atoms with E-state index < -0.39 is 10.0 Å². The average Bonchev–Trinajstić information content (AvgIpc) is 2.67. The smallest absolute Gasteiger partial charge is 0.244 e. The molecule has 2 fully saturated rings. The summed E-state index contributed by atoms with van der Waals surface area (Å²) in [6, 6.07) is 1.89. The predicted molar refractivity (Wildman–Crippen MR) is 81.7 cm³/mol. The van der Waals surface area contributed by atoms with Crippen molar-refractivity contribution < 1.29 is 13.2 Å². The van der Waals surface area contributed by atoms with Crippen molar-refractivity contribution in [3.63, 3.8) is 0 Å². The highest BCUT2D eigenvalue weighted by Gasteiger charge is 2.47. The monoisotopic (exact) mass is 326 g/mol. The Balaban J connectivity index is 1.66. The van der Waals surface area contributed by atoms with Gasteiger partial charge in [0.05, 0.1) is 11.9 Å². The number of fused-ring (bicyclic) bond motifs is 1. The van der Waals surface area contributed by atoms with Crippen LogP contribution in [0.2, 0.25) is 0 Å². The summed E-state index contributed by atoms with van der Waals surface area (Å²) < 4.78 is 26.6. The van der Waals surface area contributed by atoms with Crippen molar-refractivity contribution in [2.24, 2.45) is 5.92 Å². The molecule has 3 rings (SSSR count). The Morgan fingerprint density at radius 2 is 2.09 bits per heavy atom. The lowest BCUT2D eigenvalue weighted by molar-refractivity contribution is -0.136. The first-order valence-electron chi connectivity index (χ1n) is 7.51. The third-order valence-electron chi connectivity index (χ3n) is 4.67. The minimum absolute atomic E-state index is 0.00463. The lowest BCUT2D eigenvalue weighted by atomic mass is 9.85. The molecular weight excluding hydrogens is 304 g/mol. The molecule has 3 heterocycles. The molecule has 2 aliphatic heterocycles. The fourth-order valence-corrected chi connectivity index (χ4v) is 4.61. The van der Waals surface area contributed by atoms with Gasteiger partial charge in [0.2, 0.25) is 15.9 Å². The molecule has 8 heteroatoms. The van der Waals surface area contributed by atoms with E-state index in [-0.39, 0.29) is 18.5 Å². The van der Waals surface area contributed by atoms with Crippen LogP contribution >= 0.6 is 0 Å². The standard InChI is InChI=1S/C14H22N4O3S/c1-10-6-11(2)17(15-10)9-14(19)16-5-4-12-7-18(13(12)8-16)22(3,20)21/h6,12-13H,4-5,7-9H2,1-3H3/t12-,13-/m1/s1. The number of sulfonamides is 1. The summed E-state index contributed by atoms with van der Waals surface area (Å²) in [5.74, 6) is 0.400. The van der Waals surface area contributed by atoms with E-state index in [1.807, 2.05) is 19.9 Å². The van der Waals surface area contributed by atoms with Crippen molar-refractivity contribution >= 4 is 15.9 Å². The molecular formula is C14H22N4O3S. The van der Waals surface area contributed by atoms with Crippen LogP contribution in [0.3, 0.4) is 0 Å². The Hall–Kier alpha value is -1.41. The van der Waals surface area contributed by atoms with Gasteiger partial charge < -0.3 is 4.90 Å². The van der Waals surface area contributed by atoms with Crippen LogP contribution in [0.15, 0.2) is 6.07 Å². The number of hydrogen-bond donors (Lipinski definition) is 0. The van der Waals surface area contributed by atoms with E-state index in [9.17, 15) is 13.2 Å². The van der Waals surface area contributed by atoms with E-state index in [0.717, 1.165) is 17.8 Å². The minimum Gasteiger partial charge on any atom is -0.339 e. The largest absolute Gasteiger partial charge is 0.339 e. The number of carbonyl (C=O) groups is 1. The number of aryl methyl sites for hydroxylation is 2. The van der Waals surface area contributed by atoms with Crippen molar-refractivity contribution in [3.05, 3.63) is 17.5 Å². The summed E-state index contributed by atoms with van der Waals surface area (Å²) in [6.45, 7) is 5.85. The van der Waals surface area contributed by atoms with Crippen LogP contribution in [-0.2, 0) is 21.4 Å². The highest BCUT2D eigenvalue weighted by molar-refractivity contribution is 7.88. The Morgan fingerprint density at radius 3 is 2.68 bits per heavy atom. The van der Waals surface area contributed by atoms with Gasteiger partial charge in [-0.2, -0.15) is 9.40 Å². The van der Waals surface area contributed by atoms with Crippen molar-refractivity contribution in [1.29, 1.82) is 0 Å². The maximum atomic E-state index is 12.5. The minimum atomic E-state index is -3.17. The summed E-state index contributed by atoms with van der Waals surface area (Å²) in [5.41, 5.74) is 1.85. The molecule has 0 radical (unpaired) electrons. The van der Waals surface area contributed by atoms with Crippen LogP contribution in [0.25, 0.3) is 0 Å². The normalized spacial score (nSPS) is 25.7. The highest BCUT2D eigenvalue weighted by atomic mass is 32.2. The first-order chi connectivity index (χ1) is 10.3. The van der Waals surface area contributed by atoms with Gasteiger partial charge >= 0.3 is 0 Å². The van der Waals surface area contributed by atoms with Gasteiger partial charge in [-0.3, -0.25) is 9.48 Å². The molecule has 2 atom stereocenters. The van der Waals surface area contributed by atoms with Crippen LogP contribution in [0.1, 0.15) is 17.8 Å². The molecule has 0 bridgehead atoms. The van der Waals surface area contributed by atoms with Gasteiger partial charge in [0, 0.05) is 31.4 Å². The quantitative estimate of drug-likeness (QED) is 0.783. The zero-order valence-electron chi connectivity index (χ0n) is 13.2. The summed E-state index contributed by atoms with van der Waals surface area (Å²) in [5, 5.41) is 4.31. The van der Waals surface area contributed by atoms with Crippen molar-refractivity contribution in [3.8, 4) is 0 Å². The molecule has 1 aromatic rings. The van der Waals surface area contributed by atoms with Gasteiger partial charge in [-0.25, -0.2) is 8.42 Å². The molecule has 22 heavy (non-hydrogen) atoms. The molecule has 1 aromatic heterocycles. The van der Waals surface area contributed by atoms with Crippen LogP contribution in [0, 0.1) is 19.8 Å². The molecule has 122 valence electrons. The number of carbonyl (C=O) groups excluding carboxylic acids is 1. The van der Waals surface area contributed by atoms with E-state index in [4.69, 9.17) is 0 Å². The average molecular weight is 326 g/mol. The molecule has 0 unspecified atom stereocenters. The summed E-state index contributed by atoms with van der Waals surface area (Å²) in [6.07, 6.45) is 2.11. The summed E-state index contributed by atoms with van der Waals surface area (Å²) in [4.78, 5) is 14.2.